The van der Waals surface area contributed by atoms with Gasteiger partial charge in [-0.1, -0.05) is 20.3 Å². The minimum Gasteiger partial charge on any atom is -0.350 e. The largest absolute Gasteiger partial charge is 0.350 e. The van der Waals surface area contributed by atoms with Crippen LogP contribution in [0, 0.1) is 12.8 Å². The van der Waals surface area contributed by atoms with Crippen molar-refractivity contribution in [2.45, 2.75) is 65.0 Å². The maximum absolute atomic E-state index is 13.7. The topological polar surface area (TPSA) is 105 Å². The lowest BCUT2D eigenvalue weighted by Crippen LogP contribution is -2.49. The van der Waals surface area contributed by atoms with Crippen LogP contribution in [0.2, 0.25) is 0 Å². The van der Waals surface area contributed by atoms with Crippen molar-refractivity contribution in [1.29, 1.82) is 0 Å². The van der Waals surface area contributed by atoms with Gasteiger partial charge >= 0.3 is 0 Å². The van der Waals surface area contributed by atoms with Crippen molar-refractivity contribution in [2.24, 2.45) is 5.92 Å². The quantitative estimate of drug-likeness (QED) is 0.590. The number of pyridine rings is 2. The third-order valence-electron chi connectivity index (χ3n) is 6.81. The van der Waals surface area contributed by atoms with Crippen molar-refractivity contribution >= 4 is 29.0 Å². The van der Waals surface area contributed by atoms with E-state index >= 15 is 0 Å². The summed E-state index contributed by atoms with van der Waals surface area (Å²) in [5, 5.41) is 9.24. The van der Waals surface area contributed by atoms with Crippen LogP contribution in [0.25, 0.3) is 0 Å². The third kappa shape index (κ3) is 2.96. The first-order valence-corrected chi connectivity index (χ1v) is 11.0. The van der Waals surface area contributed by atoms with E-state index in [1.54, 1.807) is 16.8 Å². The van der Waals surface area contributed by atoms with Gasteiger partial charge in [0.05, 0.1) is 0 Å². The van der Waals surface area contributed by atoms with Crippen LogP contribution in [-0.4, -0.2) is 21.4 Å². The molecule has 1 aliphatic carbocycles. The molecular weight excluding hydrogens is 394 g/mol. The Morgan fingerprint density at radius 3 is 2.68 bits per heavy atom. The Balaban J connectivity index is 1.59. The fraction of sp³-hybridized carbons (Fsp3) is 0.478. The van der Waals surface area contributed by atoms with Gasteiger partial charge in [0, 0.05) is 30.3 Å². The van der Waals surface area contributed by atoms with E-state index in [9.17, 15) is 14.4 Å². The molecule has 0 unspecified atom stereocenters. The first kappa shape index (κ1) is 19.8. The number of anilines is 3. The van der Waals surface area contributed by atoms with Crippen LogP contribution in [0.4, 0.5) is 17.2 Å². The molecule has 8 nitrogen and oxygen atoms in total. The summed E-state index contributed by atoms with van der Waals surface area (Å²) < 4.78 is 1.71. The molecule has 3 N–H and O–H groups in total. The number of amides is 2. The summed E-state index contributed by atoms with van der Waals surface area (Å²) in [5.41, 5.74) is 3.59. The van der Waals surface area contributed by atoms with Gasteiger partial charge in [0.15, 0.2) is 0 Å². The normalized spacial score (nSPS) is 18.1. The highest BCUT2D eigenvalue weighted by Crippen LogP contribution is 2.41. The minimum absolute atomic E-state index is 0.110. The van der Waals surface area contributed by atoms with Crippen LogP contribution in [0.15, 0.2) is 17.1 Å². The highest BCUT2D eigenvalue weighted by Gasteiger charge is 2.46. The van der Waals surface area contributed by atoms with Crippen molar-refractivity contribution in [3.8, 4) is 0 Å². The van der Waals surface area contributed by atoms with E-state index in [-0.39, 0.29) is 23.3 Å². The summed E-state index contributed by atoms with van der Waals surface area (Å²) in [6, 6.07) is 1.77. The van der Waals surface area contributed by atoms with E-state index in [2.05, 4.69) is 20.9 Å². The van der Waals surface area contributed by atoms with E-state index in [1.165, 1.54) is 0 Å². The van der Waals surface area contributed by atoms with E-state index in [0.29, 0.717) is 23.6 Å². The lowest BCUT2D eigenvalue weighted by molar-refractivity contribution is -0.118. The molecule has 2 amide bonds. The molecule has 4 heterocycles. The smallest absolute Gasteiger partial charge is 0.277 e. The number of rotatable bonds is 2. The van der Waals surface area contributed by atoms with Gasteiger partial charge in [0.1, 0.15) is 22.9 Å². The molecule has 8 heteroatoms. The SMILES string of the molecule is Cc1c2c(c(=O)n3c1C(=O)NC31CCCCC1)Nc1cc(NC(=O)C(C)C)ncc1C2. The standard InChI is InChI=1S/C23H27N5O3/c1-12(2)20(29)26-17-10-16-14(11-24-17)9-15-13(3)19-21(30)27-23(7-5-4-6-8-23)28(19)22(31)18(15)25-16/h10-12,25H,4-9H2,1-3H3,(H,27,30)(H,24,26,29). The van der Waals surface area contributed by atoms with Gasteiger partial charge in [0.2, 0.25) is 5.91 Å². The van der Waals surface area contributed by atoms with E-state index < -0.39 is 5.66 Å². The third-order valence-corrected chi connectivity index (χ3v) is 6.81. The van der Waals surface area contributed by atoms with E-state index in [0.717, 1.165) is 54.5 Å². The number of nitrogens with one attached hydrogen (secondary N) is 3. The van der Waals surface area contributed by atoms with Gasteiger partial charge in [-0.25, -0.2) is 4.98 Å². The van der Waals surface area contributed by atoms with Crippen LogP contribution >= 0.6 is 0 Å². The second-order valence-electron chi connectivity index (χ2n) is 9.19. The molecule has 3 aliphatic rings. The fourth-order valence-electron chi connectivity index (χ4n) is 5.09. The molecule has 0 bridgehead atoms. The molecule has 0 saturated heterocycles. The Kier molecular flexibility index (Phi) is 4.42. The van der Waals surface area contributed by atoms with Gasteiger partial charge in [0.25, 0.3) is 11.5 Å². The van der Waals surface area contributed by atoms with Crippen molar-refractivity contribution in [2.75, 3.05) is 10.6 Å². The zero-order valence-corrected chi connectivity index (χ0v) is 18.1. The molecule has 0 radical (unpaired) electrons. The first-order valence-electron chi connectivity index (χ1n) is 11.0. The monoisotopic (exact) mass is 421 g/mol. The summed E-state index contributed by atoms with van der Waals surface area (Å²) in [6.45, 7) is 5.56. The number of carbonyl (C=O) groups excluding carboxylic acids is 2. The number of aromatic nitrogens is 2. The lowest BCUT2D eigenvalue weighted by Gasteiger charge is -2.36. The Hall–Kier alpha value is -3.16. The Labute approximate surface area is 180 Å². The van der Waals surface area contributed by atoms with Crippen molar-refractivity contribution < 1.29 is 9.59 Å². The molecule has 2 aromatic rings. The molecule has 5 rings (SSSR count). The maximum Gasteiger partial charge on any atom is 0.277 e. The lowest BCUT2D eigenvalue weighted by atomic mass is 9.88. The fourth-order valence-corrected chi connectivity index (χ4v) is 5.09. The van der Waals surface area contributed by atoms with Crippen molar-refractivity contribution in [1.82, 2.24) is 14.9 Å². The predicted molar refractivity (Wildman–Crippen MR) is 118 cm³/mol. The van der Waals surface area contributed by atoms with E-state index in [4.69, 9.17) is 0 Å². The van der Waals surface area contributed by atoms with Crippen molar-refractivity contribution in [3.63, 3.8) is 0 Å². The average Bonchev–Trinajstić information content (AvgIpc) is 3.02. The van der Waals surface area contributed by atoms with Crippen molar-refractivity contribution in [3.05, 3.63) is 45.0 Å². The Morgan fingerprint density at radius 2 is 1.97 bits per heavy atom. The number of fused-ring (bicyclic) bond motifs is 4. The maximum atomic E-state index is 13.7. The summed E-state index contributed by atoms with van der Waals surface area (Å²) in [5.74, 6) is 0.0290. The van der Waals surface area contributed by atoms with Gasteiger partial charge < -0.3 is 16.0 Å². The Morgan fingerprint density at radius 1 is 1.23 bits per heavy atom. The molecule has 31 heavy (non-hydrogen) atoms. The molecular formula is C23H27N5O3. The molecule has 162 valence electrons. The first-order chi connectivity index (χ1) is 14.8. The van der Waals surface area contributed by atoms with Gasteiger partial charge in [-0.3, -0.25) is 19.0 Å². The summed E-state index contributed by atoms with van der Waals surface area (Å²) in [6.07, 6.45) is 6.87. The molecule has 1 fully saturated rings. The number of hydrogen-bond acceptors (Lipinski definition) is 5. The molecule has 2 aromatic heterocycles. The zero-order valence-electron chi connectivity index (χ0n) is 18.1. The molecule has 1 spiro atoms. The highest BCUT2D eigenvalue weighted by atomic mass is 16.2. The number of nitrogens with zero attached hydrogens (tertiary/aromatic N) is 2. The molecule has 1 saturated carbocycles. The second kappa shape index (κ2) is 6.93. The van der Waals surface area contributed by atoms with E-state index in [1.807, 2.05) is 20.8 Å². The zero-order chi connectivity index (χ0) is 21.9. The summed E-state index contributed by atoms with van der Waals surface area (Å²) in [7, 11) is 0. The molecule has 0 aromatic carbocycles. The van der Waals surface area contributed by atoms with Gasteiger partial charge in [-0.15, -0.1) is 0 Å². The van der Waals surface area contributed by atoms with Gasteiger partial charge in [-0.05, 0) is 49.3 Å². The number of hydrogen-bond donors (Lipinski definition) is 3. The van der Waals surface area contributed by atoms with Crippen LogP contribution < -0.4 is 21.5 Å². The predicted octanol–water partition coefficient (Wildman–Crippen LogP) is 3.15. The van der Waals surface area contributed by atoms with Crippen LogP contribution in [0.1, 0.15) is 73.1 Å². The van der Waals surface area contributed by atoms with Crippen LogP contribution in [0.3, 0.4) is 0 Å². The van der Waals surface area contributed by atoms with Crippen LogP contribution in [0.5, 0.6) is 0 Å². The summed E-state index contributed by atoms with van der Waals surface area (Å²) >= 11 is 0. The van der Waals surface area contributed by atoms with Gasteiger partial charge in [-0.2, -0.15) is 0 Å². The minimum atomic E-state index is -0.613. The Bertz CT molecular complexity index is 1170. The number of carbonyl (C=O) groups is 2. The molecule has 0 atom stereocenters. The second-order valence-corrected chi connectivity index (χ2v) is 9.19. The molecule has 2 aliphatic heterocycles. The highest BCUT2D eigenvalue weighted by molar-refractivity contribution is 5.98. The van der Waals surface area contributed by atoms with Crippen LogP contribution in [-0.2, 0) is 16.9 Å². The average molecular weight is 422 g/mol. The summed E-state index contributed by atoms with van der Waals surface area (Å²) in [4.78, 5) is 43.0.